The number of carbonyl (C=O) groups excluding carboxylic acids is 4. The van der Waals surface area contributed by atoms with E-state index in [1.807, 2.05) is 0 Å². The third kappa shape index (κ3) is 7.23. The fourth-order valence-electron chi connectivity index (χ4n) is 2.42. The second-order valence-electron chi connectivity index (χ2n) is 6.75. The van der Waals surface area contributed by atoms with Gasteiger partial charge in [-0.3, -0.25) is 9.59 Å². The van der Waals surface area contributed by atoms with Crippen LogP contribution in [0.5, 0.6) is 5.75 Å². The fourth-order valence-corrected chi connectivity index (χ4v) is 2.42. The molecule has 10 heteroatoms. The van der Waals surface area contributed by atoms with Crippen molar-refractivity contribution in [2.75, 3.05) is 0 Å². The highest BCUT2D eigenvalue weighted by Gasteiger charge is 2.29. The van der Waals surface area contributed by atoms with Gasteiger partial charge in [0.2, 0.25) is 5.91 Å². The summed E-state index contributed by atoms with van der Waals surface area (Å²) in [5, 5.41) is 36.0. The van der Waals surface area contributed by atoms with Crippen LogP contribution in [0.4, 0.5) is 0 Å². The van der Waals surface area contributed by atoms with Crippen LogP contribution >= 0.6 is 0 Å². The molecule has 28 heavy (non-hydrogen) atoms. The van der Waals surface area contributed by atoms with Crippen LogP contribution < -0.4 is 26.6 Å². The van der Waals surface area contributed by atoms with Gasteiger partial charge >= 0.3 is 0 Å². The predicted molar refractivity (Wildman–Crippen MR) is 91.8 cm³/mol. The van der Waals surface area contributed by atoms with Crippen molar-refractivity contribution in [2.24, 2.45) is 5.92 Å². The van der Waals surface area contributed by atoms with Gasteiger partial charge in [-0.15, -0.1) is 0 Å². The van der Waals surface area contributed by atoms with Crippen LogP contribution in [-0.2, 0) is 25.6 Å². The zero-order chi connectivity index (χ0) is 21.4. The van der Waals surface area contributed by atoms with Crippen LogP contribution in [0.25, 0.3) is 0 Å². The number of hydrogen-bond donors (Lipinski definition) is 4. The van der Waals surface area contributed by atoms with Crippen molar-refractivity contribution >= 4 is 23.8 Å². The standard InChI is InChI=1S/C18H25N3O7/c1-9(2)15(21-16(25)12(19)8-14(23)24)17(26)20-13(18(27)28)7-10-3-5-11(22)6-4-10/h3-6,9,12-13,15,22H,7-8,19H2,1-2H3,(H,20,26)(H,21,25)(H,23,24)(H,27,28)/p-1/t12-,13-,15-/m0/s1. The normalized spacial score (nSPS) is 14.0. The molecule has 1 aromatic rings. The number of phenolic OH excluding ortho intramolecular Hbond substituents is 1. The molecule has 0 heterocycles. The van der Waals surface area contributed by atoms with Crippen molar-refractivity contribution < 1.29 is 40.2 Å². The molecule has 0 fully saturated rings. The molecule has 0 aliphatic carbocycles. The van der Waals surface area contributed by atoms with E-state index in [9.17, 15) is 34.5 Å². The molecule has 0 spiro atoms. The Morgan fingerprint density at radius 2 is 1.61 bits per heavy atom. The number of amides is 2. The molecule has 154 valence electrons. The minimum Gasteiger partial charge on any atom is -0.550 e. The Bertz CT molecular complexity index is 718. The van der Waals surface area contributed by atoms with Crippen LogP contribution in [0.15, 0.2) is 24.3 Å². The lowest BCUT2D eigenvalue weighted by atomic mass is 10.0. The van der Waals surface area contributed by atoms with Gasteiger partial charge in [0.15, 0.2) is 6.04 Å². The molecule has 10 nitrogen and oxygen atoms in total. The van der Waals surface area contributed by atoms with Gasteiger partial charge in [-0.2, -0.15) is 0 Å². The Hall–Kier alpha value is -3.14. The van der Waals surface area contributed by atoms with Crippen molar-refractivity contribution in [1.29, 1.82) is 0 Å². The number of nitrogens with one attached hydrogen (secondary N) is 2. The fraction of sp³-hybridized carbons (Fsp3) is 0.444. The SMILES string of the molecule is CC(C)[C@H](NC(=O)[C@@H]([NH3+])CC(=O)[O-])C(=O)N[C@@H](Cc1ccc(O)cc1)C(=O)[O-]. The monoisotopic (exact) mass is 394 g/mol. The minimum atomic E-state index is -1.51. The number of aliphatic carboxylic acids is 2. The number of aromatic hydroxyl groups is 1. The van der Waals surface area contributed by atoms with Crippen molar-refractivity contribution in [2.45, 2.75) is 44.8 Å². The maximum Gasteiger partial charge on any atom is 0.279 e. The van der Waals surface area contributed by atoms with E-state index in [1.165, 1.54) is 24.3 Å². The molecule has 0 aliphatic rings. The van der Waals surface area contributed by atoms with Crippen LogP contribution in [0.1, 0.15) is 25.8 Å². The number of benzene rings is 1. The Labute approximate surface area is 161 Å². The van der Waals surface area contributed by atoms with Crippen molar-refractivity contribution in [3.05, 3.63) is 29.8 Å². The maximum absolute atomic E-state index is 12.5. The van der Waals surface area contributed by atoms with E-state index in [0.717, 1.165) is 0 Å². The Balaban J connectivity index is 2.83. The van der Waals surface area contributed by atoms with Gasteiger partial charge in [0.25, 0.3) is 5.91 Å². The lowest BCUT2D eigenvalue weighted by Gasteiger charge is -2.26. The van der Waals surface area contributed by atoms with E-state index in [2.05, 4.69) is 16.4 Å². The van der Waals surface area contributed by atoms with Gasteiger partial charge in [0, 0.05) is 12.4 Å². The van der Waals surface area contributed by atoms with Crippen LogP contribution in [0.3, 0.4) is 0 Å². The molecule has 0 aromatic heterocycles. The third-order valence-corrected chi connectivity index (χ3v) is 4.01. The first-order valence-electron chi connectivity index (χ1n) is 8.63. The first-order valence-corrected chi connectivity index (χ1v) is 8.63. The Morgan fingerprint density at radius 3 is 2.07 bits per heavy atom. The lowest BCUT2D eigenvalue weighted by molar-refractivity contribution is -0.408. The van der Waals surface area contributed by atoms with E-state index in [-0.39, 0.29) is 12.2 Å². The molecule has 0 saturated heterocycles. The van der Waals surface area contributed by atoms with Crippen LogP contribution in [0.2, 0.25) is 0 Å². The van der Waals surface area contributed by atoms with Crippen LogP contribution in [-0.4, -0.2) is 47.0 Å². The van der Waals surface area contributed by atoms with E-state index in [0.29, 0.717) is 5.56 Å². The summed E-state index contributed by atoms with van der Waals surface area (Å²) in [5.41, 5.74) is 3.96. The zero-order valence-corrected chi connectivity index (χ0v) is 15.6. The first kappa shape index (κ1) is 22.9. The number of phenols is 1. The molecule has 6 N–H and O–H groups in total. The second-order valence-corrected chi connectivity index (χ2v) is 6.75. The second kappa shape index (κ2) is 10.3. The number of quaternary nitrogens is 1. The largest absolute Gasteiger partial charge is 0.550 e. The van der Waals surface area contributed by atoms with Gasteiger partial charge in [-0.25, -0.2) is 0 Å². The van der Waals surface area contributed by atoms with E-state index >= 15 is 0 Å². The first-order chi connectivity index (χ1) is 13.0. The van der Waals surface area contributed by atoms with Gasteiger partial charge in [-0.1, -0.05) is 26.0 Å². The van der Waals surface area contributed by atoms with Crippen molar-refractivity contribution in [1.82, 2.24) is 10.6 Å². The topological polar surface area (TPSA) is 186 Å². The quantitative estimate of drug-likeness (QED) is 0.312. The van der Waals surface area contributed by atoms with Crippen LogP contribution in [0, 0.1) is 5.92 Å². The summed E-state index contributed by atoms with van der Waals surface area (Å²) in [4.78, 5) is 46.6. The highest BCUT2D eigenvalue weighted by Crippen LogP contribution is 2.12. The minimum absolute atomic E-state index is 0.0136. The number of carboxylic acids is 2. The van der Waals surface area contributed by atoms with Crippen molar-refractivity contribution in [3.63, 3.8) is 0 Å². The highest BCUT2D eigenvalue weighted by molar-refractivity contribution is 5.92. The number of carboxylic acid groups (broad SMARTS) is 2. The molecule has 2 amide bonds. The molecule has 3 atom stereocenters. The van der Waals surface area contributed by atoms with Gasteiger partial charge in [0.05, 0.1) is 12.0 Å². The van der Waals surface area contributed by atoms with Crippen molar-refractivity contribution in [3.8, 4) is 5.75 Å². The summed E-state index contributed by atoms with van der Waals surface area (Å²) in [7, 11) is 0. The van der Waals surface area contributed by atoms with Gasteiger partial charge < -0.3 is 41.3 Å². The molecule has 1 rings (SSSR count). The summed E-state index contributed by atoms with van der Waals surface area (Å²) in [6.45, 7) is 3.27. The smallest absolute Gasteiger partial charge is 0.279 e. The average Bonchev–Trinajstić information content (AvgIpc) is 2.59. The molecule has 1 aromatic carbocycles. The lowest BCUT2D eigenvalue weighted by Crippen LogP contribution is -2.70. The summed E-state index contributed by atoms with van der Waals surface area (Å²) in [6, 6.07) is 2.15. The van der Waals surface area contributed by atoms with E-state index in [1.54, 1.807) is 13.8 Å². The van der Waals surface area contributed by atoms with E-state index in [4.69, 9.17) is 0 Å². The van der Waals surface area contributed by atoms with E-state index < -0.39 is 54.2 Å². The van der Waals surface area contributed by atoms with Gasteiger partial charge in [0.1, 0.15) is 11.8 Å². The average molecular weight is 394 g/mol. The maximum atomic E-state index is 12.5. The Morgan fingerprint density at radius 1 is 1.04 bits per heavy atom. The zero-order valence-electron chi connectivity index (χ0n) is 15.6. The Kier molecular flexibility index (Phi) is 8.39. The molecule has 0 saturated carbocycles. The number of hydrogen-bond acceptors (Lipinski definition) is 7. The molecule has 0 bridgehead atoms. The molecule has 0 aliphatic heterocycles. The van der Waals surface area contributed by atoms with Gasteiger partial charge in [-0.05, 0) is 30.0 Å². The number of rotatable bonds is 10. The molecule has 0 unspecified atom stereocenters. The summed E-state index contributed by atoms with van der Waals surface area (Å²) in [5.74, 6) is -4.87. The third-order valence-electron chi connectivity index (χ3n) is 4.01. The molecular weight excluding hydrogens is 370 g/mol. The molecule has 0 radical (unpaired) electrons. The predicted octanol–water partition coefficient (Wildman–Crippen LogP) is -3.94. The molecular formula is C18H24N3O7-. The summed E-state index contributed by atoms with van der Waals surface area (Å²) in [6.07, 6.45) is -0.698. The summed E-state index contributed by atoms with van der Waals surface area (Å²) < 4.78 is 0. The highest BCUT2D eigenvalue weighted by atomic mass is 16.4. The number of carbonyl (C=O) groups is 4. The summed E-state index contributed by atoms with van der Waals surface area (Å²) >= 11 is 0.